The van der Waals surface area contributed by atoms with Gasteiger partial charge >= 0.3 is 0 Å². The van der Waals surface area contributed by atoms with E-state index in [1.807, 2.05) is 0 Å². The Labute approximate surface area is 134 Å². The lowest BCUT2D eigenvalue weighted by atomic mass is 9.86. The van der Waals surface area contributed by atoms with Gasteiger partial charge in [-0.2, -0.15) is 0 Å². The predicted molar refractivity (Wildman–Crippen MR) is 86.9 cm³/mol. The molecule has 2 aliphatic heterocycles. The normalized spacial score (nSPS) is 29.0. The molecule has 2 aliphatic rings. The number of likely N-dealkylation sites (tertiary alicyclic amines) is 1. The van der Waals surface area contributed by atoms with Gasteiger partial charge in [0.1, 0.15) is 0 Å². The molecule has 2 unspecified atom stereocenters. The molecule has 2 atom stereocenters. The molecule has 6 heteroatoms. The molecule has 124 valence electrons. The molecule has 2 saturated heterocycles. The van der Waals surface area contributed by atoms with E-state index in [1.165, 1.54) is 0 Å². The summed E-state index contributed by atoms with van der Waals surface area (Å²) in [6, 6.07) is 0.530. The molecule has 0 aromatic rings. The SMILES string of the molecule is CCN(CC)C1CCN(C(=O)C2(COC)CCNC2)C1.Cl. The zero-order valence-electron chi connectivity index (χ0n) is 13.6. The van der Waals surface area contributed by atoms with Gasteiger partial charge in [-0.1, -0.05) is 13.8 Å². The Morgan fingerprint density at radius 1 is 1.43 bits per heavy atom. The number of nitrogens with one attached hydrogen (secondary N) is 1. The topological polar surface area (TPSA) is 44.8 Å². The maximum Gasteiger partial charge on any atom is 0.232 e. The van der Waals surface area contributed by atoms with Gasteiger partial charge in [0.15, 0.2) is 0 Å². The molecule has 0 aromatic carbocycles. The number of amides is 1. The maximum atomic E-state index is 12.9. The highest BCUT2D eigenvalue weighted by Gasteiger charge is 2.45. The first-order valence-electron chi connectivity index (χ1n) is 7.90. The summed E-state index contributed by atoms with van der Waals surface area (Å²) < 4.78 is 5.33. The van der Waals surface area contributed by atoms with Crippen molar-refractivity contribution in [2.24, 2.45) is 5.41 Å². The quantitative estimate of drug-likeness (QED) is 0.792. The average Bonchev–Trinajstić information content (AvgIpc) is 3.10. The number of hydrogen-bond donors (Lipinski definition) is 1. The second-order valence-electron chi connectivity index (χ2n) is 6.05. The van der Waals surface area contributed by atoms with Gasteiger partial charge in [0.05, 0.1) is 12.0 Å². The highest BCUT2D eigenvalue weighted by molar-refractivity contribution is 5.85. The molecule has 0 bridgehead atoms. The Morgan fingerprint density at radius 2 is 2.14 bits per heavy atom. The average molecular weight is 320 g/mol. The third-order valence-electron chi connectivity index (χ3n) is 4.90. The number of ether oxygens (including phenoxy) is 1. The number of rotatable bonds is 6. The van der Waals surface area contributed by atoms with Crippen molar-refractivity contribution in [2.75, 3.05) is 53.0 Å². The lowest BCUT2D eigenvalue weighted by molar-refractivity contribution is -0.143. The Morgan fingerprint density at radius 3 is 2.67 bits per heavy atom. The van der Waals surface area contributed by atoms with Crippen LogP contribution in [0.2, 0.25) is 0 Å². The van der Waals surface area contributed by atoms with Crippen LogP contribution in [-0.4, -0.2) is 74.7 Å². The van der Waals surface area contributed by atoms with Crippen LogP contribution in [0, 0.1) is 5.41 Å². The maximum absolute atomic E-state index is 12.9. The minimum Gasteiger partial charge on any atom is -0.384 e. The van der Waals surface area contributed by atoms with E-state index in [4.69, 9.17) is 4.74 Å². The molecule has 5 nitrogen and oxygen atoms in total. The largest absolute Gasteiger partial charge is 0.384 e. The molecule has 0 aromatic heterocycles. The van der Waals surface area contributed by atoms with Crippen molar-refractivity contribution >= 4 is 18.3 Å². The zero-order chi connectivity index (χ0) is 14.6. The minimum atomic E-state index is -0.326. The van der Waals surface area contributed by atoms with Crippen LogP contribution in [0.5, 0.6) is 0 Å². The van der Waals surface area contributed by atoms with Crippen LogP contribution < -0.4 is 5.32 Å². The number of hydrogen-bond acceptors (Lipinski definition) is 4. The fourth-order valence-electron chi connectivity index (χ4n) is 3.69. The molecule has 1 N–H and O–H groups in total. The first-order chi connectivity index (χ1) is 9.66. The van der Waals surface area contributed by atoms with Gasteiger partial charge in [0.2, 0.25) is 5.91 Å². The van der Waals surface area contributed by atoms with Crippen LogP contribution in [-0.2, 0) is 9.53 Å². The van der Waals surface area contributed by atoms with E-state index >= 15 is 0 Å². The standard InChI is InChI=1S/C15H29N3O2.ClH/c1-4-17(5-2)13-6-9-18(10-13)14(19)15(12-20-3)7-8-16-11-15;/h13,16H,4-12H2,1-3H3;1H. The Bertz CT molecular complexity index is 331. The fraction of sp³-hybridized carbons (Fsp3) is 0.933. The Kier molecular flexibility index (Phi) is 7.40. The lowest BCUT2D eigenvalue weighted by Crippen LogP contribution is -2.48. The van der Waals surface area contributed by atoms with Crippen LogP contribution >= 0.6 is 12.4 Å². The molecule has 1 amide bonds. The first-order valence-corrected chi connectivity index (χ1v) is 7.90. The molecule has 2 heterocycles. The van der Waals surface area contributed by atoms with E-state index in [-0.39, 0.29) is 17.8 Å². The third-order valence-corrected chi connectivity index (χ3v) is 4.90. The van der Waals surface area contributed by atoms with E-state index in [1.54, 1.807) is 7.11 Å². The zero-order valence-corrected chi connectivity index (χ0v) is 14.4. The molecule has 0 spiro atoms. The summed E-state index contributed by atoms with van der Waals surface area (Å²) in [6.07, 6.45) is 2.00. The number of carbonyl (C=O) groups is 1. The number of halogens is 1. The first kappa shape index (κ1) is 18.7. The number of carbonyl (C=O) groups excluding carboxylic acids is 1. The van der Waals surface area contributed by atoms with Crippen molar-refractivity contribution in [3.05, 3.63) is 0 Å². The van der Waals surface area contributed by atoms with Crippen molar-refractivity contribution in [3.8, 4) is 0 Å². The van der Waals surface area contributed by atoms with Crippen molar-refractivity contribution in [1.82, 2.24) is 15.1 Å². The van der Waals surface area contributed by atoms with E-state index in [9.17, 15) is 4.79 Å². The smallest absolute Gasteiger partial charge is 0.232 e. The minimum absolute atomic E-state index is 0. The van der Waals surface area contributed by atoms with E-state index < -0.39 is 0 Å². The Balaban J connectivity index is 0.00000220. The van der Waals surface area contributed by atoms with Gasteiger partial charge in [0.25, 0.3) is 0 Å². The van der Waals surface area contributed by atoms with Crippen LogP contribution in [0.1, 0.15) is 26.7 Å². The molecule has 21 heavy (non-hydrogen) atoms. The summed E-state index contributed by atoms with van der Waals surface area (Å²) >= 11 is 0. The number of methoxy groups -OCH3 is 1. The summed E-state index contributed by atoms with van der Waals surface area (Å²) in [7, 11) is 1.69. The van der Waals surface area contributed by atoms with Crippen molar-refractivity contribution in [2.45, 2.75) is 32.7 Å². The van der Waals surface area contributed by atoms with Gasteiger partial charge < -0.3 is 15.0 Å². The summed E-state index contributed by atoms with van der Waals surface area (Å²) in [6.45, 7) is 10.5. The Hall–Kier alpha value is -0.360. The molecule has 0 saturated carbocycles. The monoisotopic (exact) mass is 319 g/mol. The second kappa shape index (κ2) is 8.32. The van der Waals surface area contributed by atoms with E-state index in [0.717, 1.165) is 52.1 Å². The van der Waals surface area contributed by atoms with Crippen LogP contribution in [0.25, 0.3) is 0 Å². The van der Waals surface area contributed by atoms with Crippen molar-refractivity contribution < 1.29 is 9.53 Å². The van der Waals surface area contributed by atoms with Crippen LogP contribution in [0.4, 0.5) is 0 Å². The summed E-state index contributed by atoms with van der Waals surface area (Å²) in [5.41, 5.74) is -0.326. The summed E-state index contributed by atoms with van der Waals surface area (Å²) in [5.74, 6) is 0.291. The fourth-order valence-corrected chi connectivity index (χ4v) is 3.69. The lowest BCUT2D eigenvalue weighted by Gasteiger charge is -2.32. The molecular weight excluding hydrogens is 290 g/mol. The summed E-state index contributed by atoms with van der Waals surface area (Å²) in [5, 5.41) is 3.32. The molecular formula is C15H30ClN3O2. The molecule has 0 radical (unpaired) electrons. The summed E-state index contributed by atoms with van der Waals surface area (Å²) in [4.78, 5) is 17.4. The molecule has 2 rings (SSSR count). The number of nitrogens with zero attached hydrogens (tertiary/aromatic N) is 2. The van der Waals surface area contributed by atoms with Crippen molar-refractivity contribution in [1.29, 1.82) is 0 Å². The van der Waals surface area contributed by atoms with Gasteiger partial charge in [-0.25, -0.2) is 0 Å². The second-order valence-corrected chi connectivity index (χ2v) is 6.05. The highest BCUT2D eigenvalue weighted by atomic mass is 35.5. The van der Waals surface area contributed by atoms with Gasteiger partial charge in [0, 0.05) is 32.8 Å². The van der Waals surface area contributed by atoms with Gasteiger partial charge in [-0.05, 0) is 32.5 Å². The van der Waals surface area contributed by atoms with Crippen LogP contribution in [0.15, 0.2) is 0 Å². The van der Waals surface area contributed by atoms with Crippen molar-refractivity contribution in [3.63, 3.8) is 0 Å². The predicted octanol–water partition coefficient (Wildman–Crippen LogP) is 0.977. The van der Waals surface area contributed by atoms with Gasteiger partial charge in [-0.3, -0.25) is 9.69 Å². The van der Waals surface area contributed by atoms with Gasteiger partial charge in [-0.15, -0.1) is 12.4 Å². The number of likely N-dealkylation sites (N-methyl/N-ethyl adjacent to an activating group) is 1. The van der Waals surface area contributed by atoms with E-state index in [2.05, 4.69) is 29.0 Å². The van der Waals surface area contributed by atoms with E-state index in [0.29, 0.717) is 18.6 Å². The molecule has 0 aliphatic carbocycles. The third kappa shape index (κ3) is 3.89. The molecule has 2 fully saturated rings. The van der Waals surface area contributed by atoms with Crippen LogP contribution in [0.3, 0.4) is 0 Å². The highest BCUT2D eigenvalue weighted by Crippen LogP contribution is 2.30.